The molecule has 6 rings (SSSR count). The number of carbonyl (C=O) groups excluding carboxylic acids is 4. The highest BCUT2D eigenvalue weighted by atomic mass is 19.1. The average Bonchev–Trinajstić information content (AvgIpc) is 3.30. The molecule has 0 aromatic heterocycles. The fourth-order valence-electron chi connectivity index (χ4n) is 6.04. The van der Waals surface area contributed by atoms with Crippen molar-refractivity contribution < 1.29 is 23.6 Å². The minimum absolute atomic E-state index is 0.0175. The second kappa shape index (κ2) is 10.6. The van der Waals surface area contributed by atoms with Crippen LogP contribution in [0.1, 0.15) is 52.0 Å². The smallest absolute Gasteiger partial charge is 0.258 e. The second-order valence-electron chi connectivity index (χ2n) is 10.5. The number of anilines is 2. The van der Waals surface area contributed by atoms with Crippen LogP contribution in [0.15, 0.2) is 72.8 Å². The Bertz CT molecular complexity index is 1430. The number of fused-ring (bicyclic) bond motifs is 1. The van der Waals surface area contributed by atoms with E-state index in [1.54, 1.807) is 11.0 Å². The zero-order valence-electron chi connectivity index (χ0n) is 21.9. The number of imide groups is 1. The zero-order chi connectivity index (χ0) is 27.8. The van der Waals surface area contributed by atoms with E-state index in [0.717, 1.165) is 30.3 Å². The number of piperidine rings is 2. The molecule has 1 N–H and O–H groups in total. The quantitative estimate of drug-likeness (QED) is 0.494. The first-order valence-electron chi connectivity index (χ1n) is 13.6. The maximum atomic E-state index is 15.2. The van der Waals surface area contributed by atoms with Gasteiger partial charge in [0.25, 0.3) is 11.8 Å². The Hall–Kier alpha value is -4.53. The monoisotopic (exact) mass is 540 g/mol. The number of hydrogen-bond acceptors (Lipinski definition) is 5. The third-order valence-electron chi connectivity index (χ3n) is 8.01. The van der Waals surface area contributed by atoms with Gasteiger partial charge in [-0.2, -0.15) is 0 Å². The molecule has 3 heterocycles. The summed E-state index contributed by atoms with van der Waals surface area (Å²) in [5.41, 5.74) is 2.64. The van der Waals surface area contributed by atoms with Gasteiger partial charge in [0.15, 0.2) is 0 Å². The number of hydrogen-bond donors (Lipinski definition) is 1. The molecule has 4 amide bonds. The molecule has 8 nitrogen and oxygen atoms in total. The maximum Gasteiger partial charge on any atom is 0.258 e. The lowest BCUT2D eigenvalue weighted by Crippen LogP contribution is -2.52. The molecule has 3 aromatic carbocycles. The van der Waals surface area contributed by atoms with Crippen LogP contribution in [0.5, 0.6) is 0 Å². The molecule has 1 unspecified atom stereocenters. The van der Waals surface area contributed by atoms with Crippen molar-refractivity contribution >= 4 is 35.0 Å². The van der Waals surface area contributed by atoms with Gasteiger partial charge in [-0.05, 0) is 61.2 Å². The fraction of sp³-hybridized carbons (Fsp3) is 0.290. The normalized spacial score (nSPS) is 19.4. The number of nitrogens with zero attached hydrogens (tertiary/aromatic N) is 3. The summed E-state index contributed by atoms with van der Waals surface area (Å²) in [6, 6.07) is 22.4. The van der Waals surface area contributed by atoms with Crippen molar-refractivity contribution in [3.63, 3.8) is 0 Å². The Morgan fingerprint density at radius 1 is 0.875 bits per heavy atom. The van der Waals surface area contributed by atoms with E-state index < -0.39 is 23.7 Å². The topological polar surface area (TPSA) is 90.0 Å². The Morgan fingerprint density at radius 2 is 1.50 bits per heavy atom. The first-order valence-corrected chi connectivity index (χ1v) is 13.6. The van der Waals surface area contributed by atoms with Gasteiger partial charge in [-0.25, -0.2) is 4.39 Å². The van der Waals surface area contributed by atoms with Crippen molar-refractivity contribution in [1.29, 1.82) is 0 Å². The number of carbonyl (C=O) groups is 4. The summed E-state index contributed by atoms with van der Waals surface area (Å²) in [6.07, 6.45) is 1.79. The number of benzene rings is 3. The average molecular weight is 541 g/mol. The lowest BCUT2D eigenvalue weighted by molar-refractivity contribution is -0.136. The van der Waals surface area contributed by atoms with E-state index in [9.17, 15) is 19.2 Å². The summed E-state index contributed by atoms with van der Waals surface area (Å²) in [5, 5.41) is 2.24. The molecule has 0 saturated carbocycles. The summed E-state index contributed by atoms with van der Waals surface area (Å²) in [7, 11) is 0. The summed E-state index contributed by atoms with van der Waals surface area (Å²) >= 11 is 0. The number of amides is 4. The van der Waals surface area contributed by atoms with E-state index in [0.29, 0.717) is 18.7 Å². The van der Waals surface area contributed by atoms with E-state index in [2.05, 4.69) is 34.5 Å². The highest BCUT2D eigenvalue weighted by Gasteiger charge is 2.41. The van der Waals surface area contributed by atoms with Crippen LogP contribution in [0.4, 0.5) is 15.8 Å². The second-order valence-corrected chi connectivity index (χ2v) is 10.5. The number of likely N-dealkylation sites (tertiary alicyclic amines) is 1. The molecule has 3 aliphatic rings. The Balaban J connectivity index is 1.17. The number of halogens is 1. The predicted molar refractivity (Wildman–Crippen MR) is 146 cm³/mol. The van der Waals surface area contributed by atoms with Crippen molar-refractivity contribution in [1.82, 2.24) is 15.1 Å². The van der Waals surface area contributed by atoms with Gasteiger partial charge in [-0.1, -0.05) is 36.4 Å². The lowest BCUT2D eigenvalue weighted by atomic mass is 9.99. The Labute approximate surface area is 231 Å². The van der Waals surface area contributed by atoms with Crippen molar-refractivity contribution in [3.8, 4) is 0 Å². The van der Waals surface area contributed by atoms with E-state index >= 15 is 4.39 Å². The summed E-state index contributed by atoms with van der Waals surface area (Å²) in [5.74, 6) is -2.59. The minimum Gasteiger partial charge on any atom is -0.338 e. The number of nitrogens with one attached hydrogen (secondary N) is 1. The number of rotatable bonds is 5. The molecule has 0 aliphatic carbocycles. The van der Waals surface area contributed by atoms with Crippen LogP contribution in [-0.4, -0.2) is 58.6 Å². The third-order valence-corrected chi connectivity index (χ3v) is 8.01. The molecular formula is C31H29FN4O4. The minimum atomic E-state index is -0.840. The van der Waals surface area contributed by atoms with Crippen LogP contribution in [-0.2, 0) is 16.1 Å². The molecule has 204 valence electrons. The molecule has 2 saturated heterocycles. The van der Waals surface area contributed by atoms with Gasteiger partial charge in [0.2, 0.25) is 11.8 Å². The number of para-hydroxylation sites is 2. The van der Waals surface area contributed by atoms with Gasteiger partial charge in [0, 0.05) is 49.0 Å². The van der Waals surface area contributed by atoms with Gasteiger partial charge >= 0.3 is 0 Å². The van der Waals surface area contributed by atoms with Crippen molar-refractivity contribution in [2.45, 2.75) is 44.3 Å². The summed E-state index contributed by atoms with van der Waals surface area (Å²) < 4.78 is 15.2. The molecule has 3 aromatic rings. The van der Waals surface area contributed by atoms with Gasteiger partial charge in [-0.15, -0.1) is 0 Å². The first kappa shape index (κ1) is 25.7. The van der Waals surface area contributed by atoms with Gasteiger partial charge in [0.05, 0.1) is 5.56 Å². The van der Waals surface area contributed by atoms with E-state index in [-0.39, 0.29) is 48.4 Å². The fourth-order valence-corrected chi connectivity index (χ4v) is 6.04. The van der Waals surface area contributed by atoms with Gasteiger partial charge in [-0.3, -0.25) is 24.5 Å². The van der Waals surface area contributed by atoms with Gasteiger partial charge < -0.3 is 14.7 Å². The molecule has 1 atom stereocenters. The standard InChI is InChI=1S/C31H29FN4O4/c32-25-18-20(17-21-19-35(31(40)28(21)25)26-11-12-27(37)33-29(26)38)30(39)34-15-13-24(14-16-34)36(22-7-3-1-4-8-22)23-9-5-2-6-10-23/h1-10,17-18,24,26H,11-16,19H2,(H,33,37,38). The van der Waals surface area contributed by atoms with Crippen molar-refractivity contribution in [3.05, 3.63) is 95.3 Å². The van der Waals surface area contributed by atoms with Crippen LogP contribution >= 0.6 is 0 Å². The van der Waals surface area contributed by atoms with Crippen LogP contribution in [0.3, 0.4) is 0 Å². The SMILES string of the molecule is O=C1CCC(N2Cc3cc(C(=O)N4CCC(N(c5ccccc5)c5ccccc5)CC4)cc(F)c3C2=O)C(=O)N1. The predicted octanol–water partition coefficient (Wildman–Crippen LogP) is 4.03. The van der Waals surface area contributed by atoms with Gasteiger partial charge in [0.1, 0.15) is 11.9 Å². The first-order chi connectivity index (χ1) is 19.4. The lowest BCUT2D eigenvalue weighted by Gasteiger charge is -2.40. The van der Waals surface area contributed by atoms with Crippen LogP contribution in [0.25, 0.3) is 0 Å². The highest BCUT2D eigenvalue weighted by Crippen LogP contribution is 2.33. The Morgan fingerprint density at radius 3 is 2.10 bits per heavy atom. The van der Waals surface area contributed by atoms with E-state index in [1.807, 2.05) is 36.4 Å². The molecule has 9 heteroatoms. The van der Waals surface area contributed by atoms with Crippen LogP contribution in [0.2, 0.25) is 0 Å². The van der Waals surface area contributed by atoms with Crippen LogP contribution < -0.4 is 10.2 Å². The van der Waals surface area contributed by atoms with E-state index in [4.69, 9.17) is 0 Å². The van der Waals surface area contributed by atoms with Crippen molar-refractivity contribution in [2.24, 2.45) is 0 Å². The summed E-state index contributed by atoms with van der Waals surface area (Å²) in [4.78, 5) is 55.6. The molecular weight excluding hydrogens is 511 g/mol. The van der Waals surface area contributed by atoms with Crippen LogP contribution in [0, 0.1) is 5.82 Å². The molecule has 0 spiro atoms. The van der Waals surface area contributed by atoms with Crippen molar-refractivity contribution in [2.75, 3.05) is 18.0 Å². The summed E-state index contributed by atoms with van der Waals surface area (Å²) in [6.45, 7) is 1.04. The third kappa shape index (κ3) is 4.72. The molecule has 0 radical (unpaired) electrons. The maximum absolute atomic E-state index is 15.2. The molecule has 2 fully saturated rings. The van der Waals surface area contributed by atoms with E-state index in [1.165, 1.54) is 4.90 Å². The molecule has 40 heavy (non-hydrogen) atoms. The zero-order valence-corrected chi connectivity index (χ0v) is 21.9. The Kier molecular flexibility index (Phi) is 6.79. The molecule has 3 aliphatic heterocycles. The largest absolute Gasteiger partial charge is 0.338 e. The molecule has 0 bridgehead atoms. The highest BCUT2D eigenvalue weighted by molar-refractivity contribution is 6.06.